The topological polar surface area (TPSA) is 34.1 Å². The number of benzene rings is 1. The second-order valence-electron chi connectivity index (χ2n) is 3.74. The number of pyridine rings is 1. The highest BCUT2D eigenvalue weighted by atomic mass is 35.5. The lowest BCUT2D eigenvalue weighted by atomic mass is 10.3. The lowest BCUT2D eigenvalue weighted by Gasteiger charge is -2.09. The van der Waals surface area contributed by atoms with E-state index in [0.717, 1.165) is 12.1 Å². The highest BCUT2D eigenvalue weighted by Gasteiger charge is 2.08. The van der Waals surface area contributed by atoms with Crippen molar-refractivity contribution in [1.29, 1.82) is 0 Å². The molecule has 2 rings (SSSR count). The maximum Gasteiger partial charge on any atom is 0.167 e. The van der Waals surface area contributed by atoms with Crippen molar-refractivity contribution in [2.24, 2.45) is 0 Å². The molecule has 1 heterocycles. The van der Waals surface area contributed by atoms with Crippen LogP contribution in [0.15, 0.2) is 30.3 Å². The number of anilines is 1. The van der Waals surface area contributed by atoms with Crippen LogP contribution in [0.25, 0.3) is 0 Å². The quantitative estimate of drug-likeness (QED) is 0.931. The zero-order chi connectivity index (χ0) is 13.8. The number of halogens is 3. The molecule has 0 atom stereocenters. The Bertz CT molecular complexity index is 593. The first-order chi connectivity index (χ1) is 9.10. The van der Waals surface area contributed by atoms with E-state index in [9.17, 15) is 8.78 Å². The van der Waals surface area contributed by atoms with Gasteiger partial charge in [-0.15, -0.1) is 0 Å². The number of aromatic nitrogens is 1. The average molecular weight is 285 g/mol. The molecular weight excluding hydrogens is 274 g/mol. The van der Waals surface area contributed by atoms with E-state index in [1.165, 1.54) is 6.07 Å². The van der Waals surface area contributed by atoms with Crippen LogP contribution < -0.4 is 10.1 Å². The fraction of sp³-hybridized carbons (Fsp3) is 0.154. The zero-order valence-corrected chi connectivity index (χ0v) is 10.8. The van der Waals surface area contributed by atoms with Crippen LogP contribution in [0.3, 0.4) is 0 Å². The third-order valence-electron chi connectivity index (χ3n) is 2.43. The van der Waals surface area contributed by atoms with E-state index in [-0.39, 0.29) is 12.4 Å². The van der Waals surface area contributed by atoms with Gasteiger partial charge in [0.2, 0.25) is 0 Å². The van der Waals surface area contributed by atoms with Crippen LogP contribution in [0.2, 0.25) is 5.02 Å². The summed E-state index contributed by atoms with van der Waals surface area (Å²) < 4.78 is 31.3. The van der Waals surface area contributed by atoms with Gasteiger partial charge in [-0.1, -0.05) is 11.6 Å². The van der Waals surface area contributed by atoms with Gasteiger partial charge in [-0.05, 0) is 24.3 Å². The van der Waals surface area contributed by atoms with Gasteiger partial charge < -0.3 is 10.1 Å². The molecule has 1 N–H and O–H groups in total. The molecule has 0 saturated carbocycles. The van der Waals surface area contributed by atoms with Gasteiger partial charge in [0.1, 0.15) is 18.2 Å². The number of nitrogens with zero attached hydrogens (tertiary/aromatic N) is 1. The third-order valence-corrected chi connectivity index (χ3v) is 2.78. The molecule has 0 aliphatic carbocycles. The lowest BCUT2D eigenvalue weighted by molar-refractivity contribution is 0.285. The molecule has 0 saturated heterocycles. The van der Waals surface area contributed by atoms with E-state index in [0.29, 0.717) is 16.5 Å². The normalized spacial score (nSPS) is 10.3. The van der Waals surface area contributed by atoms with Crippen LogP contribution in [-0.2, 0) is 6.61 Å². The summed E-state index contributed by atoms with van der Waals surface area (Å²) in [5, 5.41) is 3.28. The van der Waals surface area contributed by atoms with Crippen molar-refractivity contribution < 1.29 is 13.5 Å². The van der Waals surface area contributed by atoms with Crippen LogP contribution in [0, 0.1) is 11.6 Å². The first kappa shape index (κ1) is 13.5. The second-order valence-corrected chi connectivity index (χ2v) is 4.15. The molecule has 6 heteroatoms. The van der Waals surface area contributed by atoms with Crippen LogP contribution in [0.5, 0.6) is 5.75 Å². The first-order valence-corrected chi connectivity index (χ1v) is 5.89. The number of hydrogen-bond donors (Lipinski definition) is 1. The number of hydrogen-bond acceptors (Lipinski definition) is 3. The number of ether oxygens (including phenoxy) is 1. The van der Waals surface area contributed by atoms with Crippen LogP contribution >= 0.6 is 11.6 Å². The summed E-state index contributed by atoms with van der Waals surface area (Å²) in [5.74, 6) is -0.837. The minimum atomic E-state index is -0.763. The van der Waals surface area contributed by atoms with Gasteiger partial charge in [0.25, 0.3) is 0 Å². The van der Waals surface area contributed by atoms with Crippen LogP contribution in [0.4, 0.5) is 14.6 Å². The molecule has 1 aromatic heterocycles. The molecular formula is C13H11ClF2N2O. The Balaban J connectivity index is 2.14. The van der Waals surface area contributed by atoms with Crippen LogP contribution in [-0.4, -0.2) is 12.0 Å². The monoisotopic (exact) mass is 284 g/mol. The Morgan fingerprint density at radius 3 is 2.74 bits per heavy atom. The molecule has 1 aromatic carbocycles. The molecule has 0 spiro atoms. The summed E-state index contributed by atoms with van der Waals surface area (Å²) in [4.78, 5) is 4.19. The molecule has 0 unspecified atom stereocenters. The fourth-order valence-electron chi connectivity index (χ4n) is 1.46. The summed E-state index contributed by atoms with van der Waals surface area (Å²) in [6, 6.07) is 6.48. The molecule has 19 heavy (non-hydrogen) atoms. The van der Waals surface area contributed by atoms with E-state index >= 15 is 0 Å². The standard InChI is InChI=1S/C13H11ClF2N2O/c1-17-13-5-3-9(14)11(18-13)7-19-12-4-2-8(15)6-10(12)16/h2-6H,7H2,1H3,(H,17,18). The Labute approximate surface area is 114 Å². The fourth-order valence-corrected chi connectivity index (χ4v) is 1.62. The Kier molecular flexibility index (Phi) is 4.16. The Morgan fingerprint density at radius 2 is 2.05 bits per heavy atom. The molecule has 0 amide bonds. The smallest absolute Gasteiger partial charge is 0.167 e. The van der Waals surface area contributed by atoms with Gasteiger partial charge in [-0.3, -0.25) is 0 Å². The van der Waals surface area contributed by atoms with Gasteiger partial charge in [0.15, 0.2) is 11.6 Å². The van der Waals surface area contributed by atoms with Crippen molar-refractivity contribution in [1.82, 2.24) is 4.98 Å². The molecule has 100 valence electrons. The summed E-state index contributed by atoms with van der Waals surface area (Å²) in [6.07, 6.45) is 0. The first-order valence-electron chi connectivity index (χ1n) is 5.51. The minimum absolute atomic E-state index is 0.00307. The number of rotatable bonds is 4. The molecule has 0 radical (unpaired) electrons. The van der Waals surface area contributed by atoms with Gasteiger partial charge >= 0.3 is 0 Å². The minimum Gasteiger partial charge on any atom is -0.484 e. The Hall–Kier alpha value is -1.88. The largest absolute Gasteiger partial charge is 0.484 e. The molecule has 2 aromatic rings. The summed E-state index contributed by atoms with van der Waals surface area (Å²) in [5.41, 5.74) is 0.470. The van der Waals surface area contributed by atoms with Gasteiger partial charge in [0, 0.05) is 13.1 Å². The molecule has 0 aliphatic heterocycles. The van der Waals surface area contributed by atoms with Gasteiger partial charge in [-0.2, -0.15) is 0 Å². The van der Waals surface area contributed by atoms with E-state index in [2.05, 4.69) is 10.3 Å². The molecule has 0 fully saturated rings. The predicted octanol–water partition coefficient (Wildman–Crippen LogP) is 3.63. The van der Waals surface area contributed by atoms with Gasteiger partial charge in [-0.25, -0.2) is 13.8 Å². The molecule has 3 nitrogen and oxygen atoms in total. The van der Waals surface area contributed by atoms with E-state index in [1.54, 1.807) is 19.2 Å². The van der Waals surface area contributed by atoms with Gasteiger partial charge in [0.05, 0.1) is 10.7 Å². The van der Waals surface area contributed by atoms with E-state index in [1.807, 2.05) is 0 Å². The molecule has 0 aliphatic rings. The van der Waals surface area contributed by atoms with E-state index in [4.69, 9.17) is 16.3 Å². The maximum atomic E-state index is 13.4. The average Bonchev–Trinajstić information content (AvgIpc) is 2.39. The summed E-state index contributed by atoms with van der Waals surface area (Å²) in [6.45, 7) is -0.00307. The maximum absolute atomic E-state index is 13.4. The van der Waals surface area contributed by atoms with Crippen LogP contribution in [0.1, 0.15) is 5.69 Å². The SMILES string of the molecule is CNc1ccc(Cl)c(COc2ccc(F)cc2F)n1. The van der Waals surface area contributed by atoms with Crippen molar-refractivity contribution in [3.8, 4) is 5.75 Å². The van der Waals surface area contributed by atoms with Crippen molar-refractivity contribution in [2.75, 3.05) is 12.4 Å². The molecule has 0 bridgehead atoms. The highest BCUT2D eigenvalue weighted by molar-refractivity contribution is 6.31. The Morgan fingerprint density at radius 1 is 1.26 bits per heavy atom. The highest BCUT2D eigenvalue weighted by Crippen LogP contribution is 2.21. The van der Waals surface area contributed by atoms with Crippen molar-refractivity contribution in [3.05, 3.63) is 52.7 Å². The lowest BCUT2D eigenvalue weighted by Crippen LogP contribution is -2.03. The summed E-state index contributed by atoms with van der Waals surface area (Å²) >= 11 is 5.96. The van der Waals surface area contributed by atoms with Crippen molar-refractivity contribution in [3.63, 3.8) is 0 Å². The summed E-state index contributed by atoms with van der Waals surface area (Å²) in [7, 11) is 1.72. The van der Waals surface area contributed by atoms with Crippen molar-refractivity contribution in [2.45, 2.75) is 6.61 Å². The second kappa shape index (κ2) is 5.84. The predicted molar refractivity (Wildman–Crippen MR) is 69.5 cm³/mol. The van der Waals surface area contributed by atoms with Crippen molar-refractivity contribution >= 4 is 17.4 Å². The third kappa shape index (κ3) is 3.32. The zero-order valence-electron chi connectivity index (χ0n) is 10.1. The number of nitrogens with one attached hydrogen (secondary N) is 1. The van der Waals surface area contributed by atoms with E-state index < -0.39 is 11.6 Å².